The first-order valence-corrected chi connectivity index (χ1v) is 7.37. The fourth-order valence-electron chi connectivity index (χ4n) is 1.90. The van der Waals surface area contributed by atoms with Crippen LogP contribution in [0.4, 0.5) is 9.80 Å². The molecule has 0 aliphatic carbocycles. The van der Waals surface area contributed by atoms with Crippen LogP contribution in [0.15, 0.2) is 18.2 Å². The van der Waals surface area contributed by atoms with Crippen LogP contribution in [0.2, 0.25) is 0 Å². The van der Waals surface area contributed by atoms with Crippen molar-refractivity contribution < 1.29 is 24.2 Å². The molecule has 0 saturated carbocycles. The van der Waals surface area contributed by atoms with Gasteiger partial charge in [0.2, 0.25) is 0 Å². The first-order chi connectivity index (χ1) is 10.2. The predicted octanol–water partition coefficient (Wildman–Crippen LogP) is 3.96. The van der Waals surface area contributed by atoms with Crippen molar-refractivity contribution in [1.82, 2.24) is 0 Å². The van der Waals surface area contributed by atoms with Crippen molar-refractivity contribution in [1.29, 1.82) is 0 Å². The zero-order valence-corrected chi connectivity index (χ0v) is 13.5. The molecule has 1 aromatic heterocycles. The Labute approximate surface area is 131 Å². The number of carbonyl (C=O) groups excluding carboxylic acids is 1. The lowest BCUT2D eigenvalue weighted by Gasteiger charge is -2.19. The van der Waals surface area contributed by atoms with Gasteiger partial charge in [0, 0.05) is 10.1 Å². The van der Waals surface area contributed by atoms with Gasteiger partial charge in [-0.1, -0.05) is 0 Å². The van der Waals surface area contributed by atoms with Gasteiger partial charge in [-0.05, 0) is 39.0 Å². The minimum absolute atomic E-state index is 0.0495. The summed E-state index contributed by atoms with van der Waals surface area (Å²) in [5, 5.41) is 12.7. The van der Waals surface area contributed by atoms with Gasteiger partial charge in [-0.15, -0.1) is 11.3 Å². The lowest BCUT2D eigenvalue weighted by atomic mass is 10.1. The number of methoxy groups -OCH3 is 1. The van der Waals surface area contributed by atoms with E-state index in [-0.39, 0.29) is 10.6 Å². The summed E-state index contributed by atoms with van der Waals surface area (Å²) in [6.07, 6.45) is -0.687. The third-order valence-electron chi connectivity index (χ3n) is 2.73. The van der Waals surface area contributed by atoms with E-state index in [9.17, 15) is 14.7 Å². The van der Waals surface area contributed by atoms with Crippen LogP contribution < -0.4 is 10.1 Å². The average Bonchev–Trinajstić information content (AvgIpc) is 2.72. The van der Waals surface area contributed by atoms with Gasteiger partial charge in [0.05, 0.1) is 7.11 Å². The van der Waals surface area contributed by atoms with Crippen molar-refractivity contribution >= 4 is 38.5 Å². The van der Waals surface area contributed by atoms with E-state index in [4.69, 9.17) is 9.47 Å². The van der Waals surface area contributed by atoms with Crippen LogP contribution in [0.1, 0.15) is 31.1 Å². The van der Waals surface area contributed by atoms with E-state index in [1.165, 1.54) is 7.11 Å². The zero-order valence-electron chi connectivity index (χ0n) is 12.7. The maximum atomic E-state index is 11.9. The molecule has 2 aromatic rings. The standard InChI is InChI=1S/C15H17NO5S/c1-15(2,3)21-14(19)16-12-11(13(17)18)9-6-5-8(20-4)7-10(9)22-12/h5-7H,1-4H3,(H,16,19)(H,17,18). The number of nitrogens with one attached hydrogen (secondary N) is 1. The Morgan fingerprint density at radius 2 is 1.95 bits per heavy atom. The number of thiophene rings is 1. The van der Waals surface area contributed by atoms with E-state index in [1.807, 2.05) is 0 Å². The number of hydrogen-bond donors (Lipinski definition) is 2. The fraction of sp³-hybridized carbons (Fsp3) is 0.333. The Morgan fingerprint density at radius 3 is 2.50 bits per heavy atom. The molecule has 0 aliphatic heterocycles. The molecular weight excluding hydrogens is 306 g/mol. The lowest BCUT2D eigenvalue weighted by molar-refractivity contribution is 0.0636. The number of amides is 1. The van der Waals surface area contributed by atoms with Gasteiger partial charge >= 0.3 is 12.1 Å². The Morgan fingerprint density at radius 1 is 1.27 bits per heavy atom. The highest BCUT2D eigenvalue weighted by Gasteiger charge is 2.23. The lowest BCUT2D eigenvalue weighted by Crippen LogP contribution is -2.27. The van der Waals surface area contributed by atoms with Crippen LogP contribution in [0.25, 0.3) is 10.1 Å². The van der Waals surface area contributed by atoms with Crippen molar-refractivity contribution in [3.63, 3.8) is 0 Å². The Hall–Kier alpha value is -2.28. The van der Waals surface area contributed by atoms with E-state index in [1.54, 1.807) is 39.0 Å². The molecule has 118 valence electrons. The maximum absolute atomic E-state index is 11.9. The smallest absolute Gasteiger partial charge is 0.412 e. The van der Waals surface area contributed by atoms with Gasteiger partial charge in [0.25, 0.3) is 0 Å². The second-order valence-electron chi connectivity index (χ2n) is 5.60. The van der Waals surface area contributed by atoms with Crippen molar-refractivity contribution in [3.8, 4) is 5.75 Å². The monoisotopic (exact) mass is 323 g/mol. The van der Waals surface area contributed by atoms with Crippen LogP contribution in [-0.4, -0.2) is 29.9 Å². The summed E-state index contributed by atoms with van der Waals surface area (Å²) in [7, 11) is 1.53. The van der Waals surface area contributed by atoms with E-state index in [2.05, 4.69) is 5.32 Å². The molecule has 0 fully saturated rings. The molecule has 0 atom stereocenters. The average molecular weight is 323 g/mol. The molecule has 7 heteroatoms. The topological polar surface area (TPSA) is 84.9 Å². The highest BCUT2D eigenvalue weighted by Crippen LogP contribution is 2.37. The minimum atomic E-state index is -1.11. The Bertz CT molecular complexity index is 729. The summed E-state index contributed by atoms with van der Waals surface area (Å²) in [5.74, 6) is -0.489. The summed E-state index contributed by atoms with van der Waals surface area (Å²) >= 11 is 1.16. The number of aromatic carboxylic acids is 1. The second kappa shape index (κ2) is 5.84. The molecule has 0 saturated heterocycles. The number of carboxylic acid groups (broad SMARTS) is 1. The van der Waals surface area contributed by atoms with Crippen LogP contribution in [-0.2, 0) is 4.74 Å². The van der Waals surface area contributed by atoms with Crippen molar-refractivity contribution in [2.45, 2.75) is 26.4 Å². The highest BCUT2D eigenvalue weighted by atomic mass is 32.1. The van der Waals surface area contributed by atoms with Gasteiger partial charge in [-0.2, -0.15) is 0 Å². The third-order valence-corrected chi connectivity index (χ3v) is 3.79. The van der Waals surface area contributed by atoms with Crippen molar-refractivity contribution in [2.75, 3.05) is 12.4 Å². The van der Waals surface area contributed by atoms with Crippen LogP contribution >= 0.6 is 11.3 Å². The molecule has 2 rings (SSSR count). The summed E-state index contributed by atoms with van der Waals surface area (Å²) < 4.78 is 11.0. The van der Waals surface area contributed by atoms with Crippen molar-refractivity contribution in [2.24, 2.45) is 0 Å². The molecule has 0 bridgehead atoms. The molecule has 0 spiro atoms. The van der Waals surface area contributed by atoms with E-state index in [0.29, 0.717) is 15.8 Å². The molecule has 2 N–H and O–H groups in total. The van der Waals surface area contributed by atoms with Crippen molar-refractivity contribution in [3.05, 3.63) is 23.8 Å². The summed E-state index contributed by atoms with van der Waals surface area (Å²) in [6, 6.07) is 5.07. The molecule has 6 nitrogen and oxygen atoms in total. The first kappa shape index (κ1) is 16.1. The third kappa shape index (κ3) is 3.48. The molecule has 22 heavy (non-hydrogen) atoms. The van der Waals surface area contributed by atoms with Gasteiger partial charge in [0.1, 0.15) is 21.9 Å². The normalized spacial score (nSPS) is 11.3. The summed E-state index contributed by atoms with van der Waals surface area (Å²) in [4.78, 5) is 23.4. The van der Waals surface area contributed by atoms with Gasteiger partial charge in [-0.3, -0.25) is 5.32 Å². The second-order valence-corrected chi connectivity index (χ2v) is 6.65. The van der Waals surface area contributed by atoms with E-state index < -0.39 is 17.7 Å². The van der Waals surface area contributed by atoms with E-state index in [0.717, 1.165) is 11.3 Å². The number of benzene rings is 1. The number of anilines is 1. The van der Waals surface area contributed by atoms with Gasteiger partial charge in [0.15, 0.2) is 0 Å². The number of hydrogen-bond acceptors (Lipinski definition) is 5. The highest BCUT2D eigenvalue weighted by molar-refractivity contribution is 7.23. The first-order valence-electron chi connectivity index (χ1n) is 6.55. The van der Waals surface area contributed by atoms with Gasteiger partial charge in [-0.25, -0.2) is 9.59 Å². The fourth-order valence-corrected chi connectivity index (χ4v) is 3.01. The molecule has 1 heterocycles. The molecule has 0 aliphatic rings. The van der Waals surface area contributed by atoms with E-state index >= 15 is 0 Å². The summed E-state index contributed by atoms with van der Waals surface area (Å²) in [5.41, 5.74) is -0.610. The number of carboxylic acids is 1. The van der Waals surface area contributed by atoms with Crippen LogP contribution in [0.5, 0.6) is 5.75 Å². The predicted molar refractivity (Wildman–Crippen MR) is 85.2 cm³/mol. The Kier molecular flexibility index (Phi) is 4.27. The molecule has 1 amide bonds. The number of rotatable bonds is 3. The number of fused-ring (bicyclic) bond motifs is 1. The van der Waals surface area contributed by atoms with Crippen LogP contribution in [0.3, 0.4) is 0 Å². The summed E-state index contributed by atoms with van der Waals surface area (Å²) in [6.45, 7) is 5.21. The molecule has 0 radical (unpaired) electrons. The van der Waals surface area contributed by atoms with Gasteiger partial charge < -0.3 is 14.6 Å². The number of ether oxygens (including phenoxy) is 2. The molecule has 0 unspecified atom stereocenters. The quantitative estimate of drug-likeness (QED) is 0.893. The largest absolute Gasteiger partial charge is 0.497 e. The maximum Gasteiger partial charge on any atom is 0.412 e. The minimum Gasteiger partial charge on any atom is -0.497 e. The molecule has 1 aromatic carbocycles. The SMILES string of the molecule is COc1ccc2c(C(=O)O)c(NC(=O)OC(C)(C)C)sc2c1. The Balaban J connectivity index is 2.42. The number of carbonyl (C=O) groups is 2. The van der Waals surface area contributed by atoms with Crippen LogP contribution in [0, 0.1) is 0 Å². The molecular formula is C15H17NO5S. The zero-order chi connectivity index (χ0) is 16.5.